The number of halogens is 7. The number of alkyl halides is 5. The van der Waals surface area contributed by atoms with E-state index in [0.29, 0.717) is 27.0 Å². The minimum absolute atomic E-state index is 0.0780. The molecule has 3 aromatic carbocycles. The van der Waals surface area contributed by atoms with Crippen molar-refractivity contribution in [3.63, 3.8) is 0 Å². The molecule has 0 radical (unpaired) electrons. The molecular formula is C39H36F7N3O5. The first-order chi connectivity index (χ1) is 25.4. The molecule has 15 heteroatoms. The summed E-state index contributed by atoms with van der Waals surface area (Å²) in [6, 6.07) is 8.33. The van der Waals surface area contributed by atoms with Gasteiger partial charge in [-0.15, -0.1) is 0 Å². The topological polar surface area (TPSA) is 101 Å². The van der Waals surface area contributed by atoms with E-state index in [4.69, 9.17) is 4.74 Å². The van der Waals surface area contributed by atoms with Crippen LogP contribution in [0, 0.1) is 25.5 Å². The van der Waals surface area contributed by atoms with Gasteiger partial charge in [0.05, 0.1) is 18.0 Å². The Balaban J connectivity index is 1.52. The van der Waals surface area contributed by atoms with Gasteiger partial charge in [0.1, 0.15) is 30.0 Å². The van der Waals surface area contributed by atoms with Gasteiger partial charge in [0, 0.05) is 61.4 Å². The number of fused-ring (bicyclic) bond motifs is 6. The van der Waals surface area contributed by atoms with E-state index in [2.05, 4.69) is 5.32 Å². The molecule has 0 spiro atoms. The predicted octanol–water partition coefficient (Wildman–Crippen LogP) is 7.52. The highest BCUT2D eigenvalue weighted by Gasteiger charge is 2.38. The Morgan fingerprint density at radius 1 is 0.981 bits per heavy atom. The van der Waals surface area contributed by atoms with Crippen molar-refractivity contribution in [2.75, 3.05) is 19.6 Å². The Kier molecular flexibility index (Phi) is 10.6. The average Bonchev–Trinajstić information content (AvgIpc) is 3.09. The van der Waals surface area contributed by atoms with E-state index >= 15 is 8.78 Å². The number of pyridine rings is 1. The largest absolute Gasteiger partial charge is 0.488 e. The molecule has 54 heavy (non-hydrogen) atoms. The Bertz CT molecular complexity index is 2160. The first-order valence-electron chi connectivity index (χ1n) is 17.2. The normalized spacial score (nSPS) is 18.9. The van der Waals surface area contributed by atoms with Crippen LogP contribution in [0.2, 0.25) is 0 Å². The quantitative estimate of drug-likeness (QED) is 0.198. The molecule has 2 atom stereocenters. The maximum atomic E-state index is 16.0. The minimum Gasteiger partial charge on any atom is -0.488 e. The predicted molar refractivity (Wildman–Crippen MR) is 183 cm³/mol. The van der Waals surface area contributed by atoms with Crippen molar-refractivity contribution in [1.82, 2.24) is 14.8 Å². The van der Waals surface area contributed by atoms with E-state index in [0.717, 1.165) is 17.8 Å². The standard InChI is InChI=1S/C39H36F7N3O5/c1-21-4-3-5-31-34(21)25-14-22(2)35(41)27(16-25)30(18-33(51)52)47-37(53)36(26-15-23(20-54-31)6-7-29(26)40)49-19-24(28(17-32(49)50)39(44,45)46)8-11-48-12-9-38(42,43)10-13-48/h3-7,14-17,19,30,36H,8-13,18,20H2,1-2H3,(H,47,53)(H,51,52)/t30-,36+/m1/s1. The zero-order valence-corrected chi connectivity index (χ0v) is 29.2. The minimum atomic E-state index is -5.03. The third-order valence-electron chi connectivity index (χ3n) is 9.91. The molecule has 1 fully saturated rings. The number of hydrogen-bond donors (Lipinski definition) is 2. The number of aromatic nitrogens is 1. The summed E-state index contributed by atoms with van der Waals surface area (Å²) < 4.78 is 109. The molecule has 0 saturated carbocycles. The number of rotatable bonds is 6. The summed E-state index contributed by atoms with van der Waals surface area (Å²) in [6.07, 6.45) is -6.44. The van der Waals surface area contributed by atoms with E-state index in [1.54, 1.807) is 30.0 Å². The number of carboxylic acid groups (broad SMARTS) is 1. The highest BCUT2D eigenvalue weighted by Crippen LogP contribution is 2.39. The van der Waals surface area contributed by atoms with Crippen molar-refractivity contribution in [3.05, 3.63) is 122 Å². The van der Waals surface area contributed by atoms with E-state index in [1.807, 2.05) is 0 Å². The fraction of sp³-hybridized carbons (Fsp3) is 0.359. The highest BCUT2D eigenvalue weighted by atomic mass is 19.4. The summed E-state index contributed by atoms with van der Waals surface area (Å²) in [5, 5.41) is 12.3. The number of aryl methyl sites for hydroxylation is 2. The van der Waals surface area contributed by atoms with Crippen LogP contribution in [0.15, 0.2) is 65.6 Å². The lowest BCUT2D eigenvalue weighted by atomic mass is 9.91. The average molecular weight is 760 g/mol. The van der Waals surface area contributed by atoms with E-state index < -0.39 is 89.2 Å². The van der Waals surface area contributed by atoms with Crippen molar-refractivity contribution in [3.8, 4) is 16.9 Å². The summed E-state index contributed by atoms with van der Waals surface area (Å²) in [6.45, 7) is 2.81. The molecule has 1 amide bonds. The van der Waals surface area contributed by atoms with Crippen LogP contribution in [0.1, 0.15) is 70.3 Å². The van der Waals surface area contributed by atoms with E-state index in [9.17, 15) is 41.4 Å². The number of nitrogens with zero attached hydrogens (tertiary/aromatic N) is 2. The third kappa shape index (κ3) is 8.15. The summed E-state index contributed by atoms with van der Waals surface area (Å²) in [5.74, 6) is -7.07. The highest BCUT2D eigenvalue weighted by molar-refractivity contribution is 5.85. The Morgan fingerprint density at radius 2 is 1.70 bits per heavy atom. The van der Waals surface area contributed by atoms with Crippen LogP contribution in [-0.2, 0) is 28.8 Å². The van der Waals surface area contributed by atoms with Crippen LogP contribution < -0.4 is 15.6 Å². The van der Waals surface area contributed by atoms with Gasteiger partial charge in [-0.3, -0.25) is 19.0 Å². The van der Waals surface area contributed by atoms with Gasteiger partial charge in [0.2, 0.25) is 5.91 Å². The van der Waals surface area contributed by atoms with Crippen molar-refractivity contribution in [1.29, 1.82) is 0 Å². The lowest BCUT2D eigenvalue weighted by Gasteiger charge is -2.32. The number of benzene rings is 3. The molecule has 2 N–H and O–H groups in total. The van der Waals surface area contributed by atoms with Gasteiger partial charge in [-0.1, -0.05) is 18.2 Å². The van der Waals surface area contributed by atoms with Crippen molar-refractivity contribution in [2.45, 2.75) is 70.3 Å². The van der Waals surface area contributed by atoms with Crippen LogP contribution in [0.3, 0.4) is 0 Å². The Morgan fingerprint density at radius 3 is 2.39 bits per heavy atom. The number of carbonyl (C=O) groups excluding carboxylic acids is 1. The van der Waals surface area contributed by atoms with Gasteiger partial charge < -0.3 is 20.1 Å². The number of hydrogen-bond acceptors (Lipinski definition) is 5. The van der Waals surface area contributed by atoms with Gasteiger partial charge in [-0.2, -0.15) is 13.2 Å². The number of carbonyl (C=O) groups is 2. The summed E-state index contributed by atoms with van der Waals surface area (Å²) >= 11 is 0. The van der Waals surface area contributed by atoms with Crippen molar-refractivity contribution in [2.24, 2.45) is 0 Å². The molecule has 3 heterocycles. The van der Waals surface area contributed by atoms with Crippen molar-refractivity contribution < 1.29 is 50.2 Å². The zero-order chi connectivity index (χ0) is 39.1. The molecule has 4 aromatic rings. The monoisotopic (exact) mass is 759 g/mol. The van der Waals surface area contributed by atoms with Gasteiger partial charge in [0.25, 0.3) is 11.5 Å². The third-order valence-corrected chi connectivity index (χ3v) is 9.91. The summed E-state index contributed by atoms with van der Waals surface area (Å²) in [4.78, 5) is 41.7. The van der Waals surface area contributed by atoms with Gasteiger partial charge >= 0.3 is 12.1 Å². The smallest absolute Gasteiger partial charge is 0.416 e. The Hall–Kier alpha value is -5.18. The molecule has 1 aromatic heterocycles. The van der Waals surface area contributed by atoms with Gasteiger partial charge in [-0.25, -0.2) is 17.6 Å². The van der Waals surface area contributed by atoms with E-state index in [-0.39, 0.29) is 49.9 Å². The number of likely N-dealkylation sites (tertiary alicyclic amines) is 1. The van der Waals surface area contributed by atoms with E-state index in [1.165, 1.54) is 31.2 Å². The van der Waals surface area contributed by atoms with Gasteiger partial charge in [-0.05, 0) is 78.4 Å². The number of aliphatic carboxylic acids is 1. The van der Waals surface area contributed by atoms with Crippen LogP contribution in [0.5, 0.6) is 5.75 Å². The molecular weight excluding hydrogens is 723 g/mol. The molecule has 4 bridgehead atoms. The molecule has 0 aliphatic carbocycles. The molecule has 6 rings (SSSR count). The maximum Gasteiger partial charge on any atom is 0.416 e. The second-order valence-corrected chi connectivity index (χ2v) is 13.8. The lowest BCUT2D eigenvalue weighted by Crippen LogP contribution is -2.42. The number of ether oxygens (including phenoxy) is 1. The van der Waals surface area contributed by atoms with Gasteiger partial charge in [0.15, 0.2) is 0 Å². The first-order valence-corrected chi connectivity index (χ1v) is 17.2. The molecule has 8 nitrogen and oxygen atoms in total. The molecule has 286 valence electrons. The number of carboxylic acids is 1. The molecule has 1 saturated heterocycles. The molecule has 2 aliphatic rings. The summed E-state index contributed by atoms with van der Waals surface area (Å²) in [5.41, 5.74) is -1.68. The number of amides is 1. The second kappa shape index (κ2) is 14.9. The summed E-state index contributed by atoms with van der Waals surface area (Å²) in [7, 11) is 0. The number of nitrogens with one attached hydrogen (secondary N) is 1. The van der Waals surface area contributed by atoms with Crippen LogP contribution in [-0.4, -0.2) is 52.0 Å². The molecule has 2 aliphatic heterocycles. The lowest BCUT2D eigenvalue weighted by molar-refractivity contribution is -0.139. The Labute approximate surface area is 305 Å². The van der Waals surface area contributed by atoms with Crippen LogP contribution in [0.25, 0.3) is 11.1 Å². The fourth-order valence-corrected chi connectivity index (χ4v) is 7.10. The fourth-order valence-electron chi connectivity index (χ4n) is 7.10. The van der Waals surface area contributed by atoms with Crippen LogP contribution >= 0.6 is 0 Å². The molecule has 0 unspecified atom stereocenters. The van der Waals surface area contributed by atoms with Crippen molar-refractivity contribution >= 4 is 11.9 Å². The first kappa shape index (κ1) is 38.5. The maximum absolute atomic E-state index is 16.0. The zero-order valence-electron chi connectivity index (χ0n) is 29.2. The second-order valence-electron chi connectivity index (χ2n) is 13.8. The number of piperidine rings is 1. The SMILES string of the molecule is Cc1cc2cc(c1F)[C@@H](CC(=O)O)NC(=O)[C@@H](n1cc(CCN3CCC(F)(F)CC3)c(C(F)(F)F)cc1=O)c1cc(ccc1F)COc1cccc(C)c1-2. The van der Waals surface area contributed by atoms with Crippen LogP contribution in [0.4, 0.5) is 30.7 Å².